The predicted molar refractivity (Wildman–Crippen MR) is 66.9 cm³/mol. The van der Waals surface area contributed by atoms with Gasteiger partial charge >= 0.3 is 5.97 Å². The third-order valence-corrected chi connectivity index (χ3v) is 3.12. The van der Waals surface area contributed by atoms with Crippen LogP contribution in [0.1, 0.15) is 24.4 Å². The minimum Gasteiger partial charge on any atom is -0.478 e. The topological polar surface area (TPSA) is 42.2 Å². The molecule has 1 N–H and O–H groups in total. The van der Waals surface area contributed by atoms with Crippen molar-refractivity contribution in [2.45, 2.75) is 18.9 Å². The van der Waals surface area contributed by atoms with E-state index < -0.39 is 5.97 Å². The second-order valence-corrected chi connectivity index (χ2v) is 4.41. The van der Waals surface area contributed by atoms with Crippen molar-refractivity contribution in [3.8, 4) is 0 Å². The second-order valence-electron chi connectivity index (χ2n) is 4.41. The summed E-state index contributed by atoms with van der Waals surface area (Å²) in [4.78, 5) is 10.6. The molecule has 0 amide bonds. The van der Waals surface area contributed by atoms with E-state index in [0.717, 1.165) is 10.9 Å². The van der Waals surface area contributed by atoms with E-state index in [-0.39, 0.29) is 0 Å². The molecule has 3 heteroatoms. The number of carboxylic acids is 1. The Morgan fingerprint density at radius 3 is 2.82 bits per heavy atom. The quantitative estimate of drug-likeness (QED) is 0.819. The first-order valence-electron chi connectivity index (χ1n) is 5.76. The van der Waals surface area contributed by atoms with Crippen molar-refractivity contribution in [2.75, 3.05) is 0 Å². The Balaban J connectivity index is 2.14. The van der Waals surface area contributed by atoms with E-state index >= 15 is 0 Å². The SMILES string of the molecule is O=C(O)C=Cc1cn(C2CC2)c2ccccc12. The van der Waals surface area contributed by atoms with E-state index in [2.05, 4.69) is 16.8 Å². The minimum atomic E-state index is -0.909. The summed E-state index contributed by atoms with van der Waals surface area (Å²) in [5.74, 6) is -0.909. The number of hydrogen-bond acceptors (Lipinski definition) is 1. The molecule has 0 atom stereocenters. The van der Waals surface area contributed by atoms with Crippen molar-refractivity contribution in [1.29, 1.82) is 0 Å². The van der Waals surface area contributed by atoms with Crippen LogP contribution in [-0.4, -0.2) is 15.6 Å². The van der Waals surface area contributed by atoms with Crippen LogP contribution in [0.25, 0.3) is 17.0 Å². The molecule has 0 bridgehead atoms. The molecule has 0 spiro atoms. The smallest absolute Gasteiger partial charge is 0.328 e. The van der Waals surface area contributed by atoms with E-state index in [9.17, 15) is 4.79 Å². The van der Waals surface area contributed by atoms with Gasteiger partial charge in [-0.2, -0.15) is 0 Å². The van der Waals surface area contributed by atoms with Crippen molar-refractivity contribution >= 4 is 22.9 Å². The first-order valence-corrected chi connectivity index (χ1v) is 5.76. The molecule has 1 aromatic heterocycles. The molecule has 1 aliphatic carbocycles. The number of aliphatic carboxylic acids is 1. The number of nitrogens with zero attached hydrogens (tertiary/aromatic N) is 1. The van der Waals surface area contributed by atoms with Gasteiger partial charge in [0, 0.05) is 34.8 Å². The van der Waals surface area contributed by atoms with Gasteiger partial charge in [-0.25, -0.2) is 4.79 Å². The second kappa shape index (κ2) is 3.77. The van der Waals surface area contributed by atoms with Gasteiger partial charge in [-0.1, -0.05) is 18.2 Å². The summed E-state index contributed by atoms with van der Waals surface area (Å²) in [5, 5.41) is 9.80. The molecular weight excluding hydrogens is 214 g/mol. The van der Waals surface area contributed by atoms with Gasteiger partial charge in [0.15, 0.2) is 0 Å². The standard InChI is InChI=1S/C14H13NO2/c16-14(17)8-5-10-9-15(11-6-7-11)13-4-2-1-3-12(10)13/h1-5,8-9,11H,6-7H2,(H,16,17). The van der Waals surface area contributed by atoms with E-state index in [0.29, 0.717) is 6.04 Å². The number of hydrogen-bond donors (Lipinski definition) is 1. The summed E-state index contributed by atoms with van der Waals surface area (Å²) in [6.45, 7) is 0. The van der Waals surface area contributed by atoms with Crippen LogP contribution in [0.5, 0.6) is 0 Å². The van der Waals surface area contributed by atoms with E-state index in [4.69, 9.17) is 5.11 Å². The number of rotatable bonds is 3. The summed E-state index contributed by atoms with van der Waals surface area (Å²) in [5.41, 5.74) is 2.18. The number of para-hydroxylation sites is 1. The lowest BCUT2D eigenvalue weighted by molar-refractivity contribution is -0.131. The van der Waals surface area contributed by atoms with Crippen molar-refractivity contribution in [3.63, 3.8) is 0 Å². The fraction of sp³-hybridized carbons (Fsp3) is 0.214. The van der Waals surface area contributed by atoms with E-state index in [1.165, 1.54) is 24.4 Å². The number of aromatic nitrogens is 1. The zero-order chi connectivity index (χ0) is 11.8. The highest BCUT2D eigenvalue weighted by atomic mass is 16.4. The van der Waals surface area contributed by atoms with Crippen LogP contribution in [0.15, 0.2) is 36.5 Å². The van der Waals surface area contributed by atoms with Crippen LogP contribution >= 0.6 is 0 Å². The third kappa shape index (κ3) is 1.84. The van der Waals surface area contributed by atoms with E-state index in [1.54, 1.807) is 6.08 Å². The highest BCUT2D eigenvalue weighted by Gasteiger charge is 2.25. The number of benzene rings is 1. The fourth-order valence-electron chi connectivity index (χ4n) is 2.18. The minimum absolute atomic E-state index is 0.604. The van der Waals surface area contributed by atoms with Crippen molar-refractivity contribution in [1.82, 2.24) is 4.57 Å². The maximum Gasteiger partial charge on any atom is 0.328 e. The highest BCUT2D eigenvalue weighted by Crippen LogP contribution is 2.39. The van der Waals surface area contributed by atoms with Gasteiger partial charge in [-0.3, -0.25) is 0 Å². The molecule has 1 fully saturated rings. The lowest BCUT2D eigenvalue weighted by Crippen LogP contribution is -1.89. The van der Waals surface area contributed by atoms with Crippen LogP contribution in [0.3, 0.4) is 0 Å². The lowest BCUT2D eigenvalue weighted by Gasteiger charge is -2.00. The summed E-state index contributed by atoms with van der Waals surface area (Å²) >= 11 is 0. The van der Waals surface area contributed by atoms with Gasteiger partial charge in [0.1, 0.15) is 0 Å². The fourth-order valence-corrected chi connectivity index (χ4v) is 2.18. The summed E-state index contributed by atoms with van der Waals surface area (Å²) in [6, 6.07) is 8.73. The van der Waals surface area contributed by atoms with Crippen LogP contribution in [0, 0.1) is 0 Å². The van der Waals surface area contributed by atoms with Crippen LogP contribution in [0.2, 0.25) is 0 Å². The average Bonchev–Trinajstić information content (AvgIpc) is 3.09. The molecule has 1 aromatic carbocycles. The first kappa shape index (κ1) is 10.1. The normalized spacial score (nSPS) is 15.8. The molecule has 1 heterocycles. The molecule has 3 nitrogen and oxygen atoms in total. The average molecular weight is 227 g/mol. The number of fused-ring (bicyclic) bond motifs is 1. The Hall–Kier alpha value is -2.03. The maximum atomic E-state index is 10.6. The number of carboxylic acid groups (broad SMARTS) is 1. The van der Waals surface area contributed by atoms with Crippen molar-refractivity contribution in [3.05, 3.63) is 42.1 Å². The summed E-state index contributed by atoms with van der Waals surface area (Å²) < 4.78 is 2.26. The van der Waals surface area contributed by atoms with Gasteiger partial charge in [0.05, 0.1) is 0 Å². The molecule has 17 heavy (non-hydrogen) atoms. The molecule has 0 unspecified atom stereocenters. The first-order chi connectivity index (χ1) is 8.25. The molecule has 1 saturated carbocycles. The lowest BCUT2D eigenvalue weighted by atomic mass is 10.1. The molecule has 2 aromatic rings. The summed E-state index contributed by atoms with van der Waals surface area (Å²) in [6.07, 6.45) is 7.37. The van der Waals surface area contributed by atoms with Crippen molar-refractivity contribution < 1.29 is 9.90 Å². The van der Waals surface area contributed by atoms with Gasteiger partial charge in [0.25, 0.3) is 0 Å². The Bertz CT molecular complexity index is 606. The third-order valence-electron chi connectivity index (χ3n) is 3.12. The van der Waals surface area contributed by atoms with Gasteiger partial charge < -0.3 is 9.67 Å². The van der Waals surface area contributed by atoms with Gasteiger partial charge in [-0.15, -0.1) is 0 Å². The van der Waals surface area contributed by atoms with E-state index in [1.807, 2.05) is 18.2 Å². The molecule has 3 rings (SSSR count). The molecule has 0 saturated heterocycles. The zero-order valence-corrected chi connectivity index (χ0v) is 9.34. The predicted octanol–water partition coefficient (Wildman–Crippen LogP) is 3.07. The monoisotopic (exact) mass is 227 g/mol. The summed E-state index contributed by atoms with van der Waals surface area (Å²) in [7, 11) is 0. The molecular formula is C14H13NO2. The van der Waals surface area contributed by atoms with Gasteiger partial charge in [0.2, 0.25) is 0 Å². The molecule has 0 radical (unpaired) electrons. The molecule has 1 aliphatic rings. The van der Waals surface area contributed by atoms with Gasteiger partial charge in [-0.05, 0) is 25.0 Å². The molecule has 0 aliphatic heterocycles. The van der Waals surface area contributed by atoms with Crippen LogP contribution < -0.4 is 0 Å². The van der Waals surface area contributed by atoms with Crippen LogP contribution in [-0.2, 0) is 4.79 Å². The molecule has 86 valence electrons. The van der Waals surface area contributed by atoms with Crippen LogP contribution in [0.4, 0.5) is 0 Å². The largest absolute Gasteiger partial charge is 0.478 e. The Morgan fingerprint density at radius 2 is 2.12 bits per heavy atom. The highest BCUT2D eigenvalue weighted by molar-refractivity contribution is 5.93. The number of carbonyl (C=O) groups is 1. The van der Waals surface area contributed by atoms with Crippen molar-refractivity contribution in [2.24, 2.45) is 0 Å². The maximum absolute atomic E-state index is 10.6. The Labute approximate surface area is 99.0 Å². The zero-order valence-electron chi connectivity index (χ0n) is 9.34. The Kier molecular flexibility index (Phi) is 2.25. The Morgan fingerprint density at radius 1 is 1.35 bits per heavy atom.